The zero-order chi connectivity index (χ0) is 39.3. The highest BCUT2D eigenvalue weighted by atomic mass is 32.2. The third-order valence-corrected chi connectivity index (χ3v) is 10.9. The molecule has 6 aromatic rings. The van der Waals surface area contributed by atoms with Crippen molar-refractivity contribution in [1.29, 1.82) is 0 Å². The molecule has 0 saturated carbocycles. The van der Waals surface area contributed by atoms with Gasteiger partial charge in [0.15, 0.2) is 5.71 Å². The van der Waals surface area contributed by atoms with Crippen molar-refractivity contribution in [2.24, 2.45) is 15.3 Å². The smallest absolute Gasteiger partial charge is 0.296 e. The molecule has 16 nitrogen and oxygen atoms in total. The van der Waals surface area contributed by atoms with E-state index < -0.39 is 62.3 Å². The van der Waals surface area contributed by atoms with Gasteiger partial charge in [0, 0.05) is 33.8 Å². The van der Waals surface area contributed by atoms with Crippen LogP contribution < -0.4 is 10.7 Å². The van der Waals surface area contributed by atoms with Crippen LogP contribution in [0.1, 0.15) is 15.9 Å². The van der Waals surface area contributed by atoms with Crippen LogP contribution in [0.3, 0.4) is 0 Å². The minimum absolute atomic E-state index is 0.137. The Bertz CT molecular complexity index is 3040. The lowest BCUT2D eigenvalue weighted by molar-refractivity contribution is 0.106. The summed E-state index contributed by atoms with van der Waals surface area (Å²) in [5.74, 6) is -1.46. The highest BCUT2D eigenvalue weighted by molar-refractivity contribution is 7.91. The van der Waals surface area contributed by atoms with Crippen molar-refractivity contribution in [2.75, 3.05) is 10.7 Å². The van der Waals surface area contributed by atoms with E-state index in [0.717, 1.165) is 36.0 Å². The van der Waals surface area contributed by atoms with Crippen molar-refractivity contribution in [2.45, 2.75) is 9.79 Å². The lowest BCUT2D eigenvalue weighted by Crippen LogP contribution is -2.27. The molecule has 1 aliphatic rings. The predicted molar refractivity (Wildman–Crippen MR) is 204 cm³/mol. The van der Waals surface area contributed by atoms with Crippen LogP contribution in [-0.4, -0.2) is 55.5 Å². The molecule has 55 heavy (non-hydrogen) atoms. The highest BCUT2D eigenvalue weighted by Crippen LogP contribution is 2.40. The van der Waals surface area contributed by atoms with Gasteiger partial charge in [0.1, 0.15) is 10.7 Å². The molecule has 6 N–H and O–H groups in total. The second-order valence-electron chi connectivity index (χ2n) is 12.0. The van der Waals surface area contributed by atoms with Crippen LogP contribution in [0.4, 0.5) is 28.4 Å². The fourth-order valence-electron chi connectivity index (χ4n) is 5.89. The van der Waals surface area contributed by atoms with E-state index in [1.165, 1.54) is 18.2 Å². The maximum absolute atomic E-state index is 13.6. The van der Waals surface area contributed by atoms with Crippen molar-refractivity contribution in [3.63, 3.8) is 0 Å². The van der Waals surface area contributed by atoms with Crippen molar-refractivity contribution >= 4 is 97.9 Å². The maximum Gasteiger partial charge on any atom is 0.296 e. The number of aromatic hydroxyl groups is 1. The summed E-state index contributed by atoms with van der Waals surface area (Å²) >= 11 is 0. The van der Waals surface area contributed by atoms with Crippen LogP contribution in [0, 0.1) is 0 Å². The van der Waals surface area contributed by atoms with Crippen LogP contribution in [0.2, 0.25) is 0 Å². The third kappa shape index (κ3) is 7.55. The molecule has 0 aliphatic heterocycles. The number of allylic oxidation sites excluding steroid dienone is 1. The number of phenols is 1. The first-order valence-electron chi connectivity index (χ1n) is 15.7. The van der Waals surface area contributed by atoms with E-state index in [4.69, 9.17) is 0 Å². The molecule has 6 aromatic carbocycles. The molecule has 0 saturated heterocycles. The van der Waals surface area contributed by atoms with E-state index in [2.05, 4.69) is 26.1 Å². The monoisotopic (exact) mass is 799 g/mol. The lowest BCUT2D eigenvalue weighted by Gasteiger charge is -2.18. The minimum Gasteiger partial charge on any atom is -0.507 e. The average Bonchev–Trinajstić information content (AvgIpc) is 3.12. The van der Waals surface area contributed by atoms with E-state index in [9.17, 15) is 48.8 Å². The topological polar surface area (TPSA) is 262 Å². The van der Waals surface area contributed by atoms with Crippen LogP contribution in [0.5, 0.6) is 5.75 Å². The zero-order valence-corrected chi connectivity index (χ0v) is 30.1. The number of Topliss-reactive ketones (excluding diaryl/α,β-unsaturated/α-hetero) is 1. The number of azo groups is 1. The Labute approximate surface area is 312 Å². The number of para-hydroxylation sites is 1. The first-order valence-corrected chi connectivity index (χ1v) is 20.0. The second kappa shape index (κ2) is 13.8. The number of fused-ring (bicyclic) bond motifs is 3. The number of nitrogens with zero attached hydrogens (tertiary/aromatic N) is 3. The summed E-state index contributed by atoms with van der Waals surface area (Å²) in [6.07, 6.45) is 1.15. The summed E-state index contributed by atoms with van der Waals surface area (Å²) in [7, 11) is -14.6. The maximum atomic E-state index is 13.6. The molecule has 19 heteroatoms. The van der Waals surface area contributed by atoms with Gasteiger partial charge < -0.3 is 10.4 Å². The van der Waals surface area contributed by atoms with Crippen LogP contribution >= 0.6 is 0 Å². The van der Waals surface area contributed by atoms with Crippen molar-refractivity contribution in [1.82, 2.24) is 0 Å². The van der Waals surface area contributed by atoms with Gasteiger partial charge in [0.25, 0.3) is 30.4 Å². The molecule has 0 amide bonds. The summed E-state index contributed by atoms with van der Waals surface area (Å²) in [6, 6.07) is 26.8. The van der Waals surface area contributed by atoms with E-state index >= 15 is 0 Å². The molecule has 0 unspecified atom stereocenters. The summed E-state index contributed by atoms with van der Waals surface area (Å²) in [5.41, 5.74) is 4.00. The Hall–Kier alpha value is -6.35. The largest absolute Gasteiger partial charge is 0.507 e. The predicted octanol–water partition coefficient (Wildman–Crippen LogP) is 7.24. The van der Waals surface area contributed by atoms with E-state index in [1.54, 1.807) is 36.4 Å². The van der Waals surface area contributed by atoms with Crippen LogP contribution in [-0.2, 0) is 30.4 Å². The number of hydrogen-bond donors (Lipinski definition) is 6. The minimum atomic E-state index is -4.94. The van der Waals surface area contributed by atoms with Gasteiger partial charge in [-0.1, -0.05) is 42.5 Å². The van der Waals surface area contributed by atoms with Gasteiger partial charge in [-0.15, -0.1) is 10.2 Å². The Kier molecular flexibility index (Phi) is 9.29. The van der Waals surface area contributed by atoms with Gasteiger partial charge in [-0.25, -0.2) is 0 Å². The molecule has 0 radical (unpaired) electrons. The number of carbonyl (C=O) groups excluding carboxylic acids is 1. The first kappa shape index (κ1) is 37.0. The summed E-state index contributed by atoms with van der Waals surface area (Å²) in [6.45, 7) is 0. The Morgan fingerprint density at radius 1 is 0.600 bits per heavy atom. The number of anilines is 3. The number of benzene rings is 6. The lowest BCUT2D eigenvalue weighted by atomic mass is 9.94. The Morgan fingerprint density at radius 2 is 1.24 bits per heavy atom. The molecular weight excluding hydrogens is 775 g/mol. The number of carbonyl (C=O) groups is 1. The fourth-order valence-corrected chi connectivity index (χ4v) is 7.62. The van der Waals surface area contributed by atoms with Gasteiger partial charge in [0.05, 0.1) is 32.2 Å². The Balaban J connectivity index is 1.26. The molecule has 0 spiro atoms. The first-order chi connectivity index (χ1) is 26.0. The highest BCUT2D eigenvalue weighted by Gasteiger charge is 2.33. The summed E-state index contributed by atoms with van der Waals surface area (Å²) in [4.78, 5) is 11.5. The molecule has 7 rings (SSSR count). The average molecular weight is 800 g/mol. The van der Waals surface area contributed by atoms with Gasteiger partial charge in [-0.2, -0.15) is 30.4 Å². The van der Waals surface area contributed by atoms with Gasteiger partial charge in [0.2, 0.25) is 5.78 Å². The van der Waals surface area contributed by atoms with Gasteiger partial charge in [-0.3, -0.25) is 23.9 Å². The number of rotatable bonds is 9. The molecule has 0 bridgehead atoms. The van der Waals surface area contributed by atoms with Gasteiger partial charge >= 0.3 is 0 Å². The summed E-state index contributed by atoms with van der Waals surface area (Å²) in [5, 5.41) is 26.8. The van der Waals surface area contributed by atoms with E-state index in [0.29, 0.717) is 16.5 Å². The standard InChI is InChI=1S/C36H25N5O11S3/c42-32-19-25(54(47,48)49)16-21-15-24(53(44,45)46)18-31(34(21)32)40-38-29-12-13-30(28-9-5-4-8-27(28)29)39-41-35-33(55(50,51)52)17-20-14-23(10-11-26(20)36(35)43)37-22-6-2-1-3-7-22/h1-19,37,39,42H,(H,44,45,46)(H,47,48,49)(H,50,51,52)/b40-38?,41-35-. The molecule has 1 aliphatic carbocycles. The fraction of sp³-hybridized carbons (Fsp3) is 0. The Morgan fingerprint density at radius 3 is 1.91 bits per heavy atom. The van der Waals surface area contributed by atoms with Crippen molar-refractivity contribution in [3.8, 4) is 5.75 Å². The SMILES string of the molecule is O=C1/C(=N\Nc2ccc(N=Nc3cc(S(=O)(=O)O)cc4cc(S(=O)(=O)O)cc(O)c34)c3ccccc23)C(S(=O)(=O)O)=Cc2cc(Nc3ccccc3)ccc21. The van der Waals surface area contributed by atoms with Crippen molar-refractivity contribution < 1.29 is 48.8 Å². The van der Waals surface area contributed by atoms with Crippen LogP contribution in [0.25, 0.3) is 27.6 Å². The van der Waals surface area contributed by atoms with Crippen LogP contribution in [0.15, 0.2) is 139 Å². The van der Waals surface area contributed by atoms with Crippen molar-refractivity contribution in [3.05, 3.63) is 125 Å². The molecule has 0 atom stereocenters. The normalized spacial score (nSPS) is 14.3. The molecule has 0 heterocycles. The molecule has 0 aromatic heterocycles. The zero-order valence-electron chi connectivity index (χ0n) is 27.7. The number of ketones is 1. The quantitative estimate of drug-likeness (QED) is 0.0479. The van der Waals surface area contributed by atoms with E-state index in [1.807, 2.05) is 30.3 Å². The molecular formula is C36H25N5O11S3. The van der Waals surface area contributed by atoms with E-state index in [-0.39, 0.29) is 39.0 Å². The van der Waals surface area contributed by atoms with Gasteiger partial charge in [-0.05, 0) is 77.7 Å². The summed E-state index contributed by atoms with van der Waals surface area (Å²) < 4.78 is 102. The number of phenolic OH excluding ortho intramolecular Hbond substituents is 1. The molecule has 0 fully saturated rings. The molecule has 278 valence electrons. The number of hydrogen-bond acceptors (Lipinski definition) is 13. The number of nitrogens with one attached hydrogen (secondary N) is 2. The third-order valence-electron chi connectivity index (χ3n) is 8.38. The second-order valence-corrected chi connectivity index (χ2v) is 16.2. The number of hydrazone groups is 1.